The van der Waals surface area contributed by atoms with Gasteiger partial charge >= 0.3 is 11.8 Å². The van der Waals surface area contributed by atoms with Crippen LogP contribution in [0.5, 0.6) is 0 Å². The molecule has 13 heteroatoms. The summed E-state index contributed by atoms with van der Waals surface area (Å²) in [5, 5.41) is 7.67. The van der Waals surface area contributed by atoms with Crippen LogP contribution in [0.4, 0.5) is 45.1 Å². The van der Waals surface area contributed by atoms with Gasteiger partial charge in [-0.2, -0.15) is 26.9 Å². The van der Waals surface area contributed by atoms with E-state index in [9.17, 15) is 26.7 Å². The standard InChI is InChI=1S/C22H21F5N5O2P/c1-3-34-35-22(26,27)13-8-10-14(11-9-13)30-20-29-12-16(21(23,24)25)18(32-20)31-17-7-5-4-6-15(17)19(33)28-2/h4-12,35H,3H2,1-2H3,(H,28,33)(H2,29,30,31,32). The fourth-order valence-electron chi connectivity index (χ4n) is 2.91. The first kappa shape index (κ1) is 26.2. The maximum Gasteiger partial charge on any atom is 0.421 e. The Morgan fingerprint density at radius 3 is 2.34 bits per heavy atom. The van der Waals surface area contributed by atoms with Gasteiger partial charge in [0.15, 0.2) is 0 Å². The lowest BCUT2D eigenvalue weighted by atomic mass is 10.1. The van der Waals surface area contributed by atoms with Gasteiger partial charge in [0, 0.05) is 31.1 Å². The van der Waals surface area contributed by atoms with Crippen molar-refractivity contribution < 1.29 is 31.3 Å². The topological polar surface area (TPSA) is 88.2 Å². The van der Waals surface area contributed by atoms with Gasteiger partial charge in [-0.3, -0.25) is 4.79 Å². The summed E-state index contributed by atoms with van der Waals surface area (Å²) in [4.78, 5) is 19.7. The maximum atomic E-state index is 14.1. The molecule has 0 fully saturated rings. The normalized spacial score (nSPS) is 12.1. The van der Waals surface area contributed by atoms with Gasteiger partial charge < -0.3 is 20.5 Å². The smallest absolute Gasteiger partial charge is 0.356 e. The second-order valence-corrected chi connectivity index (χ2v) is 8.14. The Morgan fingerprint density at radius 1 is 1.03 bits per heavy atom. The number of benzene rings is 2. The van der Waals surface area contributed by atoms with E-state index >= 15 is 0 Å². The molecular formula is C22H21F5N5O2P. The first-order chi connectivity index (χ1) is 16.5. The molecular weight excluding hydrogens is 492 g/mol. The summed E-state index contributed by atoms with van der Waals surface area (Å²) < 4.78 is 73.8. The molecule has 0 aliphatic heterocycles. The van der Waals surface area contributed by atoms with Crippen LogP contribution in [0, 0.1) is 0 Å². The predicted octanol–water partition coefficient (Wildman–Crippen LogP) is 6.02. The van der Waals surface area contributed by atoms with E-state index in [1.165, 1.54) is 43.4 Å². The Balaban J connectivity index is 1.89. The highest BCUT2D eigenvalue weighted by molar-refractivity contribution is 7.33. The minimum absolute atomic E-state index is 0.101. The molecule has 0 aliphatic rings. The Labute approximate surface area is 199 Å². The molecule has 1 heterocycles. The average molecular weight is 513 g/mol. The summed E-state index contributed by atoms with van der Waals surface area (Å²) in [7, 11) is 0.353. The first-order valence-corrected chi connectivity index (χ1v) is 11.1. The fraction of sp³-hybridized carbons (Fsp3) is 0.227. The predicted molar refractivity (Wildman–Crippen MR) is 124 cm³/mol. The molecule has 2 aromatic carbocycles. The van der Waals surface area contributed by atoms with Gasteiger partial charge in [0.05, 0.1) is 20.1 Å². The number of nitrogens with one attached hydrogen (secondary N) is 3. The summed E-state index contributed by atoms with van der Waals surface area (Å²) in [6.45, 7) is 1.77. The zero-order valence-electron chi connectivity index (χ0n) is 18.5. The number of carbonyl (C=O) groups is 1. The lowest BCUT2D eigenvalue weighted by Crippen LogP contribution is -2.20. The minimum atomic E-state index is -4.78. The number of anilines is 4. The highest BCUT2D eigenvalue weighted by Crippen LogP contribution is 2.45. The van der Waals surface area contributed by atoms with E-state index in [4.69, 9.17) is 4.52 Å². The van der Waals surface area contributed by atoms with Crippen LogP contribution < -0.4 is 16.0 Å². The Morgan fingerprint density at radius 2 is 1.71 bits per heavy atom. The fourth-order valence-corrected chi connectivity index (χ4v) is 3.52. The molecule has 0 aliphatic carbocycles. The van der Waals surface area contributed by atoms with Crippen LogP contribution in [0.1, 0.15) is 28.4 Å². The van der Waals surface area contributed by atoms with Crippen LogP contribution in [-0.2, 0) is 16.4 Å². The highest BCUT2D eigenvalue weighted by Gasteiger charge is 2.36. The molecule has 3 N–H and O–H groups in total. The molecule has 3 rings (SSSR count). The number of amides is 1. The summed E-state index contributed by atoms with van der Waals surface area (Å²) in [6, 6.07) is 11.0. The van der Waals surface area contributed by atoms with Gasteiger partial charge in [-0.05, 0) is 31.2 Å². The summed E-state index contributed by atoms with van der Waals surface area (Å²) >= 11 is 0. The molecule has 1 atom stereocenters. The molecule has 186 valence electrons. The number of aromatic nitrogens is 2. The molecule has 1 aromatic heterocycles. The van der Waals surface area contributed by atoms with Gasteiger partial charge in [-0.15, -0.1) is 0 Å². The van der Waals surface area contributed by atoms with Crippen molar-refractivity contribution in [2.75, 3.05) is 24.3 Å². The Kier molecular flexibility index (Phi) is 8.18. The Hall–Kier alpha value is -3.37. The van der Waals surface area contributed by atoms with Gasteiger partial charge in [0.1, 0.15) is 11.4 Å². The van der Waals surface area contributed by atoms with Crippen LogP contribution in [0.15, 0.2) is 54.7 Å². The van der Waals surface area contributed by atoms with Crippen molar-refractivity contribution in [2.24, 2.45) is 0 Å². The zero-order valence-corrected chi connectivity index (χ0v) is 19.5. The lowest BCUT2D eigenvalue weighted by Gasteiger charge is -2.17. The molecule has 0 saturated heterocycles. The van der Waals surface area contributed by atoms with Gasteiger partial charge in [0.2, 0.25) is 5.95 Å². The number of nitrogens with zero attached hydrogens (tertiary/aromatic N) is 2. The van der Waals surface area contributed by atoms with E-state index in [1.807, 2.05) is 0 Å². The van der Waals surface area contributed by atoms with Gasteiger partial charge in [0.25, 0.3) is 5.91 Å². The Bertz CT molecular complexity index is 1180. The molecule has 0 saturated carbocycles. The van der Waals surface area contributed by atoms with Crippen molar-refractivity contribution >= 4 is 37.9 Å². The number of hydrogen-bond acceptors (Lipinski definition) is 6. The SMILES string of the molecule is CCOPC(F)(F)c1ccc(Nc2ncc(C(F)(F)F)c(Nc3ccccc3C(=O)NC)n2)cc1. The molecule has 35 heavy (non-hydrogen) atoms. The van der Waals surface area contributed by atoms with Crippen LogP contribution in [-0.4, -0.2) is 29.5 Å². The largest absolute Gasteiger partial charge is 0.421 e. The van der Waals surface area contributed by atoms with E-state index in [1.54, 1.807) is 19.1 Å². The van der Waals surface area contributed by atoms with Gasteiger partial charge in [-0.25, -0.2) is 4.98 Å². The summed E-state index contributed by atoms with van der Waals surface area (Å²) in [6.07, 6.45) is -4.19. The van der Waals surface area contributed by atoms with Crippen molar-refractivity contribution in [3.05, 3.63) is 71.4 Å². The lowest BCUT2D eigenvalue weighted by molar-refractivity contribution is -0.137. The minimum Gasteiger partial charge on any atom is -0.356 e. The highest BCUT2D eigenvalue weighted by atomic mass is 31.1. The van der Waals surface area contributed by atoms with Crippen molar-refractivity contribution in [3.8, 4) is 0 Å². The molecule has 0 bridgehead atoms. The van der Waals surface area contributed by atoms with Gasteiger partial charge in [-0.1, -0.05) is 24.3 Å². The van der Waals surface area contributed by atoms with Crippen LogP contribution in [0.3, 0.4) is 0 Å². The third-order valence-electron chi connectivity index (χ3n) is 4.59. The number of halogens is 5. The number of carbonyl (C=O) groups excluding carboxylic acids is 1. The van der Waals surface area contributed by atoms with Crippen molar-refractivity contribution in [2.45, 2.75) is 18.8 Å². The zero-order chi connectivity index (χ0) is 25.6. The summed E-state index contributed by atoms with van der Waals surface area (Å²) in [5.74, 6) is -1.31. The maximum absolute atomic E-state index is 14.1. The second-order valence-electron chi connectivity index (χ2n) is 7.02. The molecule has 1 unspecified atom stereocenters. The number of hydrogen-bond donors (Lipinski definition) is 3. The van der Waals surface area contributed by atoms with E-state index in [0.29, 0.717) is 6.20 Å². The number of rotatable bonds is 9. The number of para-hydroxylation sites is 1. The van der Waals surface area contributed by atoms with Crippen molar-refractivity contribution in [1.82, 2.24) is 15.3 Å². The van der Waals surface area contributed by atoms with E-state index in [2.05, 4.69) is 25.9 Å². The van der Waals surface area contributed by atoms with E-state index in [0.717, 1.165) is 0 Å². The summed E-state index contributed by atoms with van der Waals surface area (Å²) in [5.41, 5.74) is -4.10. The molecule has 0 radical (unpaired) electrons. The van der Waals surface area contributed by atoms with Crippen molar-refractivity contribution in [3.63, 3.8) is 0 Å². The molecule has 0 spiro atoms. The molecule has 7 nitrogen and oxygen atoms in total. The van der Waals surface area contributed by atoms with E-state index in [-0.39, 0.29) is 35.1 Å². The van der Waals surface area contributed by atoms with Crippen molar-refractivity contribution in [1.29, 1.82) is 0 Å². The molecule has 1 amide bonds. The van der Waals surface area contributed by atoms with Crippen LogP contribution >= 0.6 is 8.81 Å². The van der Waals surface area contributed by atoms with Crippen LogP contribution in [0.25, 0.3) is 0 Å². The monoisotopic (exact) mass is 513 g/mol. The van der Waals surface area contributed by atoms with Crippen LogP contribution in [0.2, 0.25) is 0 Å². The average Bonchev–Trinajstić information content (AvgIpc) is 2.82. The quantitative estimate of drug-likeness (QED) is 0.240. The second kappa shape index (κ2) is 10.9. The third kappa shape index (κ3) is 6.61. The first-order valence-electron chi connectivity index (χ1n) is 10.2. The number of alkyl halides is 5. The third-order valence-corrected chi connectivity index (χ3v) is 5.57. The van der Waals surface area contributed by atoms with E-state index < -0.39 is 37.9 Å². The molecule has 3 aromatic rings.